The van der Waals surface area contributed by atoms with Crippen molar-refractivity contribution in [1.82, 2.24) is 10.2 Å². The second-order valence-electron chi connectivity index (χ2n) is 5.91. The molecule has 1 aliphatic rings. The summed E-state index contributed by atoms with van der Waals surface area (Å²) < 4.78 is 18.9. The molecule has 0 radical (unpaired) electrons. The summed E-state index contributed by atoms with van der Waals surface area (Å²) in [4.78, 5) is 14.6. The monoisotopic (exact) mass is 314 g/mol. The van der Waals surface area contributed by atoms with Gasteiger partial charge in [-0.25, -0.2) is 4.39 Å². The number of halogens is 1. The highest BCUT2D eigenvalue weighted by molar-refractivity contribution is 5.96. The van der Waals surface area contributed by atoms with Gasteiger partial charge in [0.2, 0.25) is 0 Å². The molecule has 0 aliphatic carbocycles. The lowest BCUT2D eigenvalue weighted by atomic mass is 10.0. The first-order valence-corrected chi connectivity index (χ1v) is 7.50. The van der Waals surface area contributed by atoms with Crippen LogP contribution in [0.2, 0.25) is 0 Å². The van der Waals surface area contributed by atoms with Crippen LogP contribution in [0.1, 0.15) is 27.5 Å². The second kappa shape index (κ2) is 6.38. The summed E-state index contributed by atoms with van der Waals surface area (Å²) in [6.45, 7) is 0.996. The van der Waals surface area contributed by atoms with Gasteiger partial charge in [-0.3, -0.25) is 4.79 Å². The van der Waals surface area contributed by atoms with Gasteiger partial charge in [0, 0.05) is 17.7 Å². The van der Waals surface area contributed by atoms with Crippen LogP contribution >= 0.6 is 0 Å². The molecule has 2 aromatic carbocycles. The van der Waals surface area contributed by atoms with Gasteiger partial charge in [-0.05, 0) is 43.9 Å². The standard InChI is InChI=1S/C18H19FN2O2/c1-21(2)10-12-5-3-4-6-14(12)18(22)20-16-11-23-17-8-7-13(19)9-15(16)17/h3-9,16H,10-11H2,1-2H3,(H,20,22). The molecule has 4 nitrogen and oxygen atoms in total. The molecule has 1 N–H and O–H groups in total. The Morgan fingerprint density at radius 1 is 1.30 bits per heavy atom. The number of hydrogen-bond donors (Lipinski definition) is 1. The van der Waals surface area contributed by atoms with Crippen molar-refractivity contribution < 1.29 is 13.9 Å². The van der Waals surface area contributed by atoms with E-state index in [0.717, 1.165) is 5.56 Å². The third-order valence-corrected chi connectivity index (χ3v) is 3.81. The molecule has 2 aromatic rings. The maximum absolute atomic E-state index is 13.4. The largest absolute Gasteiger partial charge is 0.491 e. The number of benzene rings is 2. The van der Waals surface area contributed by atoms with Gasteiger partial charge in [0.25, 0.3) is 5.91 Å². The highest BCUT2D eigenvalue weighted by atomic mass is 19.1. The van der Waals surface area contributed by atoms with E-state index < -0.39 is 0 Å². The van der Waals surface area contributed by atoms with Gasteiger partial charge < -0.3 is 15.0 Å². The van der Waals surface area contributed by atoms with E-state index in [2.05, 4.69) is 5.32 Å². The average Bonchev–Trinajstić information content (AvgIpc) is 2.89. The van der Waals surface area contributed by atoms with E-state index in [0.29, 0.717) is 30.0 Å². The van der Waals surface area contributed by atoms with E-state index in [-0.39, 0.29) is 17.8 Å². The molecule has 1 heterocycles. The topological polar surface area (TPSA) is 41.6 Å². The Morgan fingerprint density at radius 3 is 2.87 bits per heavy atom. The molecule has 0 saturated heterocycles. The smallest absolute Gasteiger partial charge is 0.252 e. The molecule has 1 unspecified atom stereocenters. The Bertz CT molecular complexity index is 731. The van der Waals surface area contributed by atoms with Crippen molar-refractivity contribution in [2.75, 3.05) is 20.7 Å². The van der Waals surface area contributed by atoms with Gasteiger partial charge in [-0.1, -0.05) is 18.2 Å². The lowest BCUT2D eigenvalue weighted by Crippen LogP contribution is -2.30. The van der Waals surface area contributed by atoms with Gasteiger partial charge in [-0.2, -0.15) is 0 Å². The quantitative estimate of drug-likeness (QED) is 0.943. The maximum Gasteiger partial charge on any atom is 0.252 e. The first kappa shape index (κ1) is 15.5. The van der Waals surface area contributed by atoms with Crippen LogP contribution in [-0.4, -0.2) is 31.5 Å². The zero-order valence-electron chi connectivity index (χ0n) is 13.2. The summed E-state index contributed by atoms with van der Waals surface area (Å²) >= 11 is 0. The third-order valence-electron chi connectivity index (χ3n) is 3.81. The van der Waals surface area contributed by atoms with Gasteiger partial charge >= 0.3 is 0 Å². The summed E-state index contributed by atoms with van der Waals surface area (Å²) in [5.41, 5.74) is 2.27. The van der Waals surface area contributed by atoms with E-state index in [9.17, 15) is 9.18 Å². The van der Waals surface area contributed by atoms with Crippen molar-refractivity contribution in [3.8, 4) is 5.75 Å². The Hall–Kier alpha value is -2.40. The second-order valence-corrected chi connectivity index (χ2v) is 5.91. The van der Waals surface area contributed by atoms with Crippen molar-refractivity contribution in [3.63, 3.8) is 0 Å². The van der Waals surface area contributed by atoms with Gasteiger partial charge in [0.15, 0.2) is 0 Å². The summed E-state index contributed by atoms with van der Waals surface area (Å²) in [7, 11) is 3.91. The number of nitrogens with one attached hydrogen (secondary N) is 1. The Morgan fingerprint density at radius 2 is 2.09 bits per heavy atom. The van der Waals surface area contributed by atoms with Crippen LogP contribution in [0.15, 0.2) is 42.5 Å². The number of ether oxygens (including phenoxy) is 1. The lowest BCUT2D eigenvalue weighted by molar-refractivity contribution is 0.0928. The van der Waals surface area contributed by atoms with Crippen molar-refractivity contribution in [2.45, 2.75) is 12.6 Å². The van der Waals surface area contributed by atoms with E-state index in [4.69, 9.17) is 4.74 Å². The first-order chi connectivity index (χ1) is 11.0. The summed E-state index contributed by atoms with van der Waals surface area (Å²) in [5.74, 6) is 0.118. The highest BCUT2D eigenvalue weighted by Gasteiger charge is 2.27. The molecule has 23 heavy (non-hydrogen) atoms. The maximum atomic E-state index is 13.4. The molecule has 0 bridgehead atoms. The number of hydrogen-bond acceptors (Lipinski definition) is 3. The van der Waals surface area contributed by atoms with Crippen molar-refractivity contribution in [1.29, 1.82) is 0 Å². The predicted octanol–water partition coefficient (Wildman–Crippen LogP) is 2.75. The Kier molecular flexibility index (Phi) is 4.30. The number of fused-ring (bicyclic) bond motifs is 1. The summed E-state index contributed by atoms with van der Waals surface area (Å²) in [6, 6.07) is 11.5. The third kappa shape index (κ3) is 3.35. The average molecular weight is 314 g/mol. The van der Waals surface area contributed by atoms with E-state index in [1.807, 2.05) is 37.2 Å². The molecule has 0 spiro atoms. The molecule has 120 valence electrons. The molecule has 0 fully saturated rings. The fourth-order valence-corrected chi connectivity index (χ4v) is 2.76. The van der Waals surface area contributed by atoms with Crippen LogP contribution in [0.3, 0.4) is 0 Å². The minimum Gasteiger partial charge on any atom is -0.491 e. The molecule has 1 amide bonds. The van der Waals surface area contributed by atoms with Crippen LogP contribution in [0, 0.1) is 5.82 Å². The molecule has 0 aromatic heterocycles. The molecule has 1 aliphatic heterocycles. The number of rotatable bonds is 4. The number of carbonyl (C=O) groups is 1. The molecule has 5 heteroatoms. The first-order valence-electron chi connectivity index (χ1n) is 7.50. The molecule has 3 rings (SSSR count). The highest BCUT2D eigenvalue weighted by Crippen LogP contribution is 2.32. The fourth-order valence-electron chi connectivity index (χ4n) is 2.76. The molecule has 0 saturated carbocycles. The fraction of sp³-hybridized carbons (Fsp3) is 0.278. The molecular formula is C18H19FN2O2. The van der Waals surface area contributed by atoms with Crippen molar-refractivity contribution in [3.05, 3.63) is 65.0 Å². The Balaban J connectivity index is 1.80. The van der Waals surface area contributed by atoms with E-state index in [1.165, 1.54) is 12.1 Å². The zero-order chi connectivity index (χ0) is 16.4. The van der Waals surface area contributed by atoms with Crippen LogP contribution in [0.25, 0.3) is 0 Å². The number of nitrogens with zero attached hydrogens (tertiary/aromatic N) is 1. The zero-order valence-corrected chi connectivity index (χ0v) is 13.2. The van der Waals surface area contributed by atoms with Crippen molar-refractivity contribution >= 4 is 5.91 Å². The lowest BCUT2D eigenvalue weighted by Gasteiger charge is -2.16. The molecule has 1 atom stereocenters. The van der Waals surface area contributed by atoms with E-state index in [1.54, 1.807) is 12.1 Å². The normalized spacial score (nSPS) is 16.1. The minimum absolute atomic E-state index is 0.173. The summed E-state index contributed by atoms with van der Waals surface area (Å²) in [5, 5.41) is 2.94. The van der Waals surface area contributed by atoms with Crippen molar-refractivity contribution in [2.24, 2.45) is 0 Å². The minimum atomic E-state index is -0.333. The summed E-state index contributed by atoms with van der Waals surface area (Å²) in [6.07, 6.45) is 0. The predicted molar refractivity (Wildman–Crippen MR) is 85.9 cm³/mol. The molecular weight excluding hydrogens is 295 g/mol. The van der Waals surface area contributed by atoms with Gasteiger partial charge in [0.1, 0.15) is 18.2 Å². The number of carbonyl (C=O) groups excluding carboxylic acids is 1. The SMILES string of the molecule is CN(C)Cc1ccccc1C(=O)NC1COc2ccc(F)cc21. The number of amides is 1. The van der Waals surface area contributed by atoms with Crippen LogP contribution in [-0.2, 0) is 6.54 Å². The van der Waals surface area contributed by atoms with E-state index >= 15 is 0 Å². The van der Waals surface area contributed by atoms with Crippen LogP contribution in [0.5, 0.6) is 5.75 Å². The van der Waals surface area contributed by atoms with Gasteiger partial charge in [0.05, 0.1) is 6.04 Å². The Labute approximate surface area is 134 Å². The van der Waals surface area contributed by atoms with Crippen LogP contribution in [0.4, 0.5) is 4.39 Å². The van der Waals surface area contributed by atoms with Gasteiger partial charge in [-0.15, -0.1) is 0 Å². The van der Waals surface area contributed by atoms with Crippen LogP contribution < -0.4 is 10.1 Å².